The number of nitrogens with two attached hydrogens (primary N) is 1. The number of nitrogen functional groups attached to an aromatic ring is 1. The Balaban J connectivity index is 1.40. The Morgan fingerprint density at radius 3 is 2.54 bits per heavy atom. The van der Waals surface area contributed by atoms with Crippen LogP contribution in [0, 0.1) is 0 Å². The van der Waals surface area contributed by atoms with Gasteiger partial charge in [-0.15, -0.1) is 0 Å². The molecule has 10 heteroatoms. The van der Waals surface area contributed by atoms with Gasteiger partial charge in [0.05, 0.1) is 5.39 Å². The summed E-state index contributed by atoms with van der Waals surface area (Å²) in [4.78, 5) is 8.85. The second-order valence-corrected chi connectivity index (χ2v) is 11.5. The Kier molecular flexibility index (Phi) is 7.14. The van der Waals surface area contributed by atoms with Crippen LogP contribution in [0.25, 0.3) is 22.2 Å². The minimum Gasteiger partial charge on any atom is -0.489 e. The van der Waals surface area contributed by atoms with Gasteiger partial charge in [0.2, 0.25) is 0 Å². The lowest BCUT2D eigenvalue weighted by Gasteiger charge is -2.30. The van der Waals surface area contributed by atoms with E-state index in [9.17, 15) is 8.42 Å². The minimum absolute atomic E-state index is 0.0805. The molecular weight excluding hydrogens is 488 g/mol. The molecule has 0 amide bonds. The molecule has 1 aliphatic rings. The average molecular weight is 521 g/mol. The monoisotopic (exact) mass is 520 g/mol. The predicted octanol–water partition coefficient (Wildman–Crippen LogP) is 4.14. The molecule has 1 saturated carbocycles. The highest BCUT2D eigenvalue weighted by molar-refractivity contribution is 7.87. The van der Waals surface area contributed by atoms with Crippen molar-refractivity contribution in [2.45, 2.75) is 44.4 Å². The molecule has 37 heavy (non-hydrogen) atoms. The van der Waals surface area contributed by atoms with Gasteiger partial charge in [0.25, 0.3) is 10.2 Å². The first-order chi connectivity index (χ1) is 17.8. The quantitative estimate of drug-likeness (QED) is 0.361. The van der Waals surface area contributed by atoms with Gasteiger partial charge < -0.3 is 15.0 Å². The van der Waals surface area contributed by atoms with Crippen LogP contribution in [0.15, 0.2) is 67.1 Å². The number of nitrogens with zero attached hydrogens (tertiary/aromatic N) is 4. The summed E-state index contributed by atoms with van der Waals surface area (Å²) in [5.41, 5.74) is 10.2. The molecule has 0 spiro atoms. The van der Waals surface area contributed by atoms with Gasteiger partial charge in [-0.2, -0.15) is 17.4 Å². The van der Waals surface area contributed by atoms with E-state index in [1.54, 1.807) is 0 Å². The number of hydrogen-bond acceptors (Lipinski definition) is 6. The zero-order chi connectivity index (χ0) is 26.0. The second-order valence-electron chi connectivity index (χ2n) is 9.62. The minimum atomic E-state index is -3.45. The molecule has 0 aliphatic heterocycles. The van der Waals surface area contributed by atoms with Gasteiger partial charge in [-0.25, -0.2) is 9.97 Å². The molecule has 3 N–H and O–H groups in total. The molecule has 0 saturated heterocycles. The zero-order valence-corrected chi connectivity index (χ0v) is 21.9. The summed E-state index contributed by atoms with van der Waals surface area (Å²) >= 11 is 0. The highest BCUT2D eigenvalue weighted by Gasteiger charge is 2.28. The van der Waals surface area contributed by atoms with E-state index in [0.717, 1.165) is 59.2 Å². The Labute approximate surface area is 217 Å². The molecule has 9 nitrogen and oxygen atoms in total. The fourth-order valence-corrected chi connectivity index (χ4v) is 5.76. The van der Waals surface area contributed by atoms with Crippen LogP contribution in [-0.4, -0.2) is 47.4 Å². The van der Waals surface area contributed by atoms with Crippen LogP contribution in [0.3, 0.4) is 0 Å². The Morgan fingerprint density at radius 1 is 1.05 bits per heavy atom. The van der Waals surface area contributed by atoms with Crippen molar-refractivity contribution in [2.75, 3.05) is 19.8 Å². The molecule has 5 rings (SSSR count). The van der Waals surface area contributed by atoms with Crippen LogP contribution in [0.4, 0.5) is 5.82 Å². The Hall–Kier alpha value is -3.47. The summed E-state index contributed by atoms with van der Waals surface area (Å²) in [5, 5.41) is 0.818. The molecule has 0 bridgehead atoms. The first kappa shape index (κ1) is 25.2. The number of ether oxygens (including phenoxy) is 1. The van der Waals surface area contributed by atoms with Crippen molar-refractivity contribution >= 4 is 27.1 Å². The maximum atomic E-state index is 12.2. The van der Waals surface area contributed by atoms with E-state index in [1.807, 2.05) is 54.6 Å². The normalized spacial score (nSPS) is 18.4. The molecule has 0 unspecified atom stereocenters. The molecule has 2 heterocycles. The van der Waals surface area contributed by atoms with Crippen LogP contribution in [0.2, 0.25) is 0 Å². The standard InChI is InChI=1S/C27H32N6O3S/c1-32(2)37(34,35)31-21-11-13-22(14-12-21)33-16-24(25-26(28)29-18-30-27(25)33)20-9-6-10-23(15-20)36-17-19-7-4-3-5-8-19/h3-10,15-16,18,21-22,31H,11-14,17H2,1-2H3,(H2,28,29,30)/t21-,22+. The Bertz CT molecular complexity index is 1480. The van der Waals surface area contributed by atoms with E-state index in [2.05, 4.69) is 25.5 Å². The maximum Gasteiger partial charge on any atom is 0.279 e. The van der Waals surface area contributed by atoms with Gasteiger partial charge in [0.15, 0.2) is 0 Å². The third kappa shape index (κ3) is 5.46. The summed E-state index contributed by atoms with van der Waals surface area (Å²) in [5.74, 6) is 1.20. The third-order valence-electron chi connectivity index (χ3n) is 6.92. The Morgan fingerprint density at radius 2 is 1.81 bits per heavy atom. The number of nitrogens with one attached hydrogen (secondary N) is 1. The zero-order valence-electron chi connectivity index (χ0n) is 21.0. The first-order valence-corrected chi connectivity index (χ1v) is 13.8. The van der Waals surface area contributed by atoms with Crippen LogP contribution >= 0.6 is 0 Å². The molecule has 1 aliphatic carbocycles. The van der Waals surface area contributed by atoms with Crippen LogP contribution in [0.5, 0.6) is 5.75 Å². The topological polar surface area (TPSA) is 115 Å². The van der Waals surface area contributed by atoms with Crippen molar-refractivity contribution in [1.29, 1.82) is 0 Å². The van der Waals surface area contributed by atoms with Gasteiger partial charge >= 0.3 is 0 Å². The van der Waals surface area contributed by atoms with Crippen molar-refractivity contribution in [2.24, 2.45) is 0 Å². The highest BCUT2D eigenvalue weighted by atomic mass is 32.2. The van der Waals surface area contributed by atoms with Crippen LogP contribution < -0.4 is 15.2 Å². The van der Waals surface area contributed by atoms with E-state index in [0.29, 0.717) is 12.4 Å². The first-order valence-electron chi connectivity index (χ1n) is 12.4. The summed E-state index contributed by atoms with van der Waals surface area (Å²) < 4.78 is 36.7. The summed E-state index contributed by atoms with van der Waals surface area (Å²) in [6, 6.07) is 18.1. The van der Waals surface area contributed by atoms with Crippen LogP contribution in [0.1, 0.15) is 37.3 Å². The van der Waals surface area contributed by atoms with E-state index < -0.39 is 10.2 Å². The van der Waals surface area contributed by atoms with Crippen molar-refractivity contribution in [3.8, 4) is 16.9 Å². The van der Waals surface area contributed by atoms with Crippen molar-refractivity contribution in [3.63, 3.8) is 0 Å². The molecule has 2 aromatic carbocycles. The molecule has 4 aromatic rings. The number of fused-ring (bicyclic) bond motifs is 1. The molecule has 194 valence electrons. The van der Waals surface area contributed by atoms with Crippen molar-refractivity contribution in [1.82, 2.24) is 23.6 Å². The number of aromatic nitrogens is 3. The van der Waals surface area contributed by atoms with E-state index in [-0.39, 0.29) is 12.1 Å². The second kappa shape index (κ2) is 10.5. The summed E-state index contributed by atoms with van der Waals surface area (Å²) in [6.07, 6.45) is 6.74. The third-order valence-corrected chi connectivity index (χ3v) is 8.51. The van der Waals surface area contributed by atoms with Gasteiger partial charge in [-0.3, -0.25) is 0 Å². The number of hydrogen-bond donors (Lipinski definition) is 2. The maximum absolute atomic E-state index is 12.2. The highest BCUT2D eigenvalue weighted by Crippen LogP contribution is 2.39. The van der Waals surface area contributed by atoms with E-state index in [4.69, 9.17) is 10.5 Å². The predicted molar refractivity (Wildman–Crippen MR) is 145 cm³/mol. The largest absolute Gasteiger partial charge is 0.489 e. The van der Waals surface area contributed by atoms with E-state index >= 15 is 0 Å². The SMILES string of the molecule is CN(C)S(=O)(=O)N[C@H]1CC[C@@H](n2cc(-c3cccc(OCc4ccccc4)c3)c3c(N)ncnc32)CC1. The fourth-order valence-electron chi connectivity index (χ4n) is 4.89. The van der Waals surface area contributed by atoms with Gasteiger partial charge in [0.1, 0.15) is 30.1 Å². The summed E-state index contributed by atoms with van der Waals surface area (Å²) in [6.45, 7) is 0.484. The van der Waals surface area contributed by atoms with Crippen molar-refractivity contribution in [3.05, 3.63) is 72.7 Å². The molecule has 2 aromatic heterocycles. The lowest BCUT2D eigenvalue weighted by Crippen LogP contribution is -2.43. The average Bonchev–Trinajstić information content (AvgIpc) is 3.29. The molecular formula is C27H32N6O3S. The number of benzene rings is 2. The van der Waals surface area contributed by atoms with Crippen LogP contribution in [-0.2, 0) is 16.8 Å². The number of rotatable bonds is 8. The molecule has 1 fully saturated rings. The lowest BCUT2D eigenvalue weighted by atomic mass is 9.91. The van der Waals surface area contributed by atoms with E-state index in [1.165, 1.54) is 24.7 Å². The summed E-state index contributed by atoms with van der Waals surface area (Å²) in [7, 11) is -0.381. The van der Waals surface area contributed by atoms with Gasteiger partial charge in [-0.05, 0) is 48.9 Å². The van der Waals surface area contributed by atoms with Gasteiger partial charge in [0, 0.05) is 37.9 Å². The fraction of sp³-hybridized carbons (Fsp3) is 0.333. The number of anilines is 1. The molecule has 0 radical (unpaired) electrons. The molecule has 0 atom stereocenters. The lowest BCUT2D eigenvalue weighted by molar-refractivity contribution is 0.306. The smallest absolute Gasteiger partial charge is 0.279 e. The van der Waals surface area contributed by atoms with Gasteiger partial charge in [-0.1, -0.05) is 42.5 Å². The van der Waals surface area contributed by atoms with Crippen molar-refractivity contribution < 1.29 is 13.2 Å².